The number of hydrogen-bond acceptors (Lipinski definition) is 3. The van der Waals surface area contributed by atoms with Crippen LogP contribution in [0.4, 0.5) is 0 Å². The molecule has 0 bridgehead atoms. The SMILES string of the molecule is CCNC(CSC1CCCC1)Cc1sccc1Br. The molecule has 1 atom stereocenters. The van der Waals surface area contributed by atoms with Gasteiger partial charge in [0, 0.05) is 26.4 Å². The van der Waals surface area contributed by atoms with Crippen molar-refractivity contribution in [1.82, 2.24) is 5.32 Å². The van der Waals surface area contributed by atoms with Gasteiger partial charge in [-0.15, -0.1) is 11.3 Å². The van der Waals surface area contributed by atoms with Crippen LogP contribution in [0.15, 0.2) is 15.9 Å². The predicted molar refractivity (Wildman–Crippen MR) is 87.9 cm³/mol. The highest BCUT2D eigenvalue weighted by molar-refractivity contribution is 9.10. The Hall–Kier alpha value is 0.490. The van der Waals surface area contributed by atoms with E-state index in [4.69, 9.17) is 0 Å². The molecule has 0 amide bonds. The minimum absolute atomic E-state index is 0.621. The molecule has 102 valence electrons. The van der Waals surface area contributed by atoms with Crippen molar-refractivity contribution in [3.63, 3.8) is 0 Å². The molecule has 0 spiro atoms. The molecule has 1 saturated carbocycles. The molecule has 1 unspecified atom stereocenters. The predicted octanol–water partition coefficient (Wildman–Crippen LogP) is 4.71. The fourth-order valence-electron chi connectivity index (χ4n) is 2.48. The molecule has 1 heterocycles. The summed E-state index contributed by atoms with van der Waals surface area (Å²) in [5.74, 6) is 1.25. The Morgan fingerprint density at radius 1 is 1.50 bits per heavy atom. The Balaban J connectivity index is 1.81. The summed E-state index contributed by atoms with van der Waals surface area (Å²) in [4.78, 5) is 1.48. The lowest BCUT2D eigenvalue weighted by molar-refractivity contribution is 0.574. The molecule has 1 aromatic rings. The highest BCUT2D eigenvalue weighted by atomic mass is 79.9. The van der Waals surface area contributed by atoms with E-state index in [0.717, 1.165) is 18.2 Å². The standard InChI is InChI=1S/C14H22BrNS2/c1-2-16-11(9-14-13(15)7-8-17-14)10-18-12-5-3-4-6-12/h7-8,11-12,16H,2-6,9-10H2,1H3. The van der Waals surface area contributed by atoms with Crippen molar-refractivity contribution in [3.8, 4) is 0 Å². The van der Waals surface area contributed by atoms with E-state index in [1.807, 2.05) is 11.3 Å². The van der Waals surface area contributed by atoms with Gasteiger partial charge in [0.15, 0.2) is 0 Å². The van der Waals surface area contributed by atoms with Crippen LogP contribution in [0.2, 0.25) is 0 Å². The third kappa shape index (κ3) is 4.55. The van der Waals surface area contributed by atoms with Gasteiger partial charge in [-0.05, 0) is 53.2 Å². The molecule has 1 nitrogen and oxygen atoms in total. The summed E-state index contributed by atoms with van der Waals surface area (Å²) in [6.07, 6.45) is 6.92. The Morgan fingerprint density at radius 3 is 2.89 bits per heavy atom. The molecule has 0 aromatic carbocycles. The van der Waals surface area contributed by atoms with Crippen molar-refractivity contribution < 1.29 is 0 Å². The number of hydrogen-bond donors (Lipinski definition) is 1. The monoisotopic (exact) mass is 347 g/mol. The number of halogens is 1. The molecule has 0 saturated heterocycles. The second-order valence-corrected chi connectivity index (χ2v) is 8.08. The van der Waals surface area contributed by atoms with Gasteiger partial charge in [0.1, 0.15) is 0 Å². The molecule has 1 fully saturated rings. The van der Waals surface area contributed by atoms with Crippen LogP contribution in [0, 0.1) is 0 Å². The largest absolute Gasteiger partial charge is 0.313 e. The number of nitrogens with one attached hydrogen (secondary N) is 1. The van der Waals surface area contributed by atoms with Gasteiger partial charge in [0.25, 0.3) is 0 Å². The van der Waals surface area contributed by atoms with Gasteiger partial charge >= 0.3 is 0 Å². The first-order chi connectivity index (χ1) is 8.79. The number of thiophene rings is 1. The molecule has 1 aliphatic rings. The van der Waals surface area contributed by atoms with E-state index in [2.05, 4.69) is 51.4 Å². The van der Waals surface area contributed by atoms with Gasteiger partial charge in [0.2, 0.25) is 0 Å². The van der Waals surface area contributed by atoms with Crippen LogP contribution in [0.1, 0.15) is 37.5 Å². The zero-order chi connectivity index (χ0) is 12.8. The number of rotatable bonds is 7. The second kappa shape index (κ2) is 7.93. The Labute approximate surface area is 127 Å². The Bertz CT molecular complexity index is 347. The van der Waals surface area contributed by atoms with E-state index >= 15 is 0 Å². The number of likely N-dealkylation sites (N-methyl/N-ethyl adjacent to an activating group) is 1. The van der Waals surface area contributed by atoms with Gasteiger partial charge in [-0.2, -0.15) is 11.8 Å². The first-order valence-corrected chi connectivity index (χ1v) is 9.58. The fourth-order valence-corrected chi connectivity index (χ4v) is 5.48. The molecule has 1 aliphatic carbocycles. The van der Waals surface area contributed by atoms with Crippen molar-refractivity contribution in [1.29, 1.82) is 0 Å². The summed E-state index contributed by atoms with van der Waals surface area (Å²) in [5.41, 5.74) is 0. The van der Waals surface area contributed by atoms with Gasteiger partial charge in [-0.3, -0.25) is 0 Å². The third-order valence-corrected chi connectivity index (χ3v) is 6.94. The van der Waals surface area contributed by atoms with Crippen LogP contribution < -0.4 is 5.32 Å². The molecule has 0 aliphatic heterocycles. The summed E-state index contributed by atoms with van der Waals surface area (Å²) in [7, 11) is 0. The average Bonchev–Trinajstić information content (AvgIpc) is 2.99. The molecular weight excluding hydrogens is 326 g/mol. The molecule has 18 heavy (non-hydrogen) atoms. The van der Waals surface area contributed by atoms with Crippen LogP contribution in [0.25, 0.3) is 0 Å². The summed E-state index contributed by atoms with van der Waals surface area (Å²) in [6.45, 7) is 3.27. The third-order valence-electron chi connectivity index (χ3n) is 3.45. The Kier molecular flexibility index (Phi) is 6.56. The summed E-state index contributed by atoms with van der Waals surface area (Å²) in [5, 5.41) is 6.74. The van der Waals surface area contributed by atoms with Gasteiger partial charge < -0.3 is 5.32 Å². The summed E-state index contributed by atoms with van der Waals surface area (Å²) >= 11 is 7.69. The zero-order valence-corrected chi connectivity index (χ0v) is 14.2. The van der Waals surface area contributed by atoms with E-state index in [9.17, 15) is 0 Å². The van der Waals surface area contributed by atoms with E-state index in [-0.39, 0.29) is 0 Å². The van der Waals surface area contributed by atoms with E-state index in [0.29, 0.717) is 6.04 Å². The maximum absolute atomic E-state index is 3.64. The smallest absolute Gasteiger partial charge is 0.0314 e. The van der Waals surface area contributed by atoms with Crippen LogP contribution in [-0.4, -0.2) is 23.6 Å². The molecule has 1 aromatic heterocycles. The fraction of sp³-hybridized carbons (Fsp3) is 0.714. The summed E-state index contributed by atoms with van der Waals surface area (Å²) < 4.78 is 1.28. The van der Waals surface area contributed by atoms with E-state index in [1.54, 1.807) is 0 Å². The minimum atomic E-state index is 0.621. The lowest BCUT2D eigenvalue weighted by Gasteiger charge is -2.19. The van der Waals surface area contributed by atoms with Crippen molar-refractivity contribution in [2.75, 3.05) is 12.3 Å². The van der Waals surface area contributed by atoms with Gasteiger partial charge in [0.05, 0.1) is 0 Å². The Morgan fingerprint density at radius 2 is 2.28 bits per heavy atom. The average molecular weight is 348 g/mol. The van der Waals surface area contributed by atoms with Crippen molar-refractivity contribution >= 4 is 39.0 Å². The van der Waals surface area contributed by atoms with Crippen molar-refractivity contribution in [2.24, 2.45) is 0 Å². The molecule has 0 radical (unpaired) electrons. The lowest BCUT2D eigenvalue weighted by atomic mass is 10.2. The maximum Gasteiger partial charge on any atom is 0.0314 e. The topological polar surface area (TPSA) is 12.0 Å². The number of thioether (sulfide) groups is 1. The van der Waals surface area contributed by atoms with Gasteiger partial charge in [-0.1, -0.05) is 19.8 Å². The van der Waals surface area contributed by atoms with Crippen LogP contribution in [0.5, 0.6) is 0 Å². The van der Waals surface area contributed by atoms with Crippen LogP contribution in [0.3, 0.4) is 0 Å². The highest BCUT2D eigenvalue weighted by Crippen LogP contribution is 2.31. The lowest BCUT2D eigenvalue weighted by Crippen LogP contribution is -2.33. The minimum Gasteiger partial charge on any atom is -0.313 e. The summed E-state index contributed by atoms with van der Waals surface area (Å²) in [6, 6.07) is 2.78. The first kappa shape index (κ1) is 14.9. The van der Waals surface area contributed by atoms with Crippen molar-refractivity contribution in [3.05, 3.63) is 20.8 Å². The second-order valence-electron chi connectivity index (χ2n) is 4.89. The van der Waals surface area contributed by atoms with E-state index < -0.39 is 0 Å². The molecule has 2 rings (SSSR count). The normalized spacial score (nSPS) is 18.3. The van der Waals surface area contributed by atoms with Crippen LogP contribution >= 0.6 is 39.0 Å². The highest BCUT2D eigenvalue weighted by Gasteiger charge is 2.18. The van der Waals surface area contributed by atoms with Crippen LogP contribution in [-0.2, 0) is 6.42 Å². The van der Waals surface area contributed by atoms with E-state index in [1.165, 1.54) is 40.8 Å². The van der Waals surface area contributed by atoms with Gasteiger partial charge in [-0.25, -0.2) is 0 Å². The zero-order valence-electron chi connectivity index (χ0n) is 11.0. The van der Waals surface area contributed by atoms with Crippen molar-refractivity contribution in [2.45, 2.75) is 50.3 Å². The molecule has 4 heteroatoms. The first-order valence-electron chi connectivity index (χ1n) is 6.86. The maximum atomic E-state index is 3.64. The molecular formula is C14H22BrNS2. The quantitative estimate of drug-likeness (QED) is 0.766. The molecule has 1 N–H and O–H groups in total.